The van der Waals surface area contributed by atoms with Gasteiger partial charge in [-0.2, -0.15) is 34.8 Å². The molecule has 0 aliphatic heterocycles. The van der Waals surface area contributed by atoms with Crippen molar-refractivity contribution in [2.75, 3.05) is 12.4 Å². The minimum Gasteiger partial charge on any atom is -0.361 e. The molecule has 0 amide bonds. The van der Waals surface area contributed by atoms with Crippen LogP contribution in [-0.4, -0.2) is 43.8 Å². The minimum atomic E-state index is -5.63. The van der Waals surface area contributed by atoms with Crippen molar-refractivity contribution in [1.29, 1.82) is 0 Å². The lowest BCUT2D eigenvalue weighted by Crippen LogP contribution is -2.44. The molecule has 0 fully saturated rings. The predicted molar refractivity (Wildman–Crippen MR) is 42.9 cm³/mol. The first-order valence-electron chi connectivity index (χ1n) is 4.04. The van der Waals surface area contributed by atoms with Crippen LogP contribution in [0.15, 0.2) is 0 Å². The highest BCUT2D eigenvalue weighted by atomic mass is 32.2. The molecule has 0 saturated heterocycles. The molecule has 0 rings (SSSR count). The smallest absolute Gasteiger partial charge is 0.361 e. The molecule has 0 unspecified atom stereocenters. The van der Waals surface area contributed by atoms with E-state index in [2.05, 4.69) is 4.74 Å². The molecule has 0 saturated carbocycles. The molecule has 17 heavy (non-hydrogen) atoms. The van der Waals surface area contributed by atoms with Gasteiger partial charge >= 0.3 is 12.4 Å². The molecule has 11 heteroatoms. The third kappa shape index (κ3) is 7.39. The van der Waals surface area contributed by atoms with Gasteiger partial charge in [-0.25, -0.2) is 0 Å². The average molecular weight is 290 g/mol. The topological polar surface area (TPSA) is 63.6 Å². The summed E-state index contributed by atoms with van der Waals surface area (Å²) in [6.45, 7) is -1.09. The molecule has 0 aromatic rings. The second-order valence-electron chi connectivity index (χ2n) is 2.97. The normalized spacial score (nSPS) is 14.4. The van der Waals surface area contributed by atoms with Crippen LogP contribution < -0.4 is 0 Å². The summed E-state index contributed by atoms with van der Waals surface area (Å²) in [6, 6.07) is 0. The van der Waals surface area contributed by atoms with Gasteiger partial charge in [0, 0.05) is 6.61 Å². The lowest BCUT2D eigenvalue weighted by molar-refractivity contribution is -0.321. The monoisotopic (exact) mass is 290 g/mol. The molecule has 104 valence electrons. The molecule has 0 aliphatic carbocycles. The van der Waals surface area contributed by atoms with Crippen molar-refractivity contribution in [3.8, 4) is 0 Å². The van der Waals surface area contributed by atoms with Gasteiger partial charge in [0.2, 0.25) is 6.10 Å². The van der Waals surface area contributed by atoms with Crippen LogP contribution >= 0.6 is 0 Å². The standard InChI is InChI=1S/C6H8F6O4S/c7-5(8,9)4(6(10,11)12)16-2-1-3-17(13,14)15/h4H,1-3H2,(H,13,14,15). The van der Waals surface area contributed by atoms with Crippen LogP contribution in [0.5, 0.6) is 0 Å². The SMILES string of the molecule is O=S(=O)(O)CCCOC(C(F)(F)F)C(F)(F)F. The predicted octanol–water partition coefficient (Wildman–Crippen LogP) is 1.77. The quantitative estimate of drug-likeness (QED) is 0.476. The van der Waals surface area contributed by atoms with Crippen molar-refractivity contribution in [1.82, 2.24) is 0 Å². The molecule has 1 N–H and O–H groups in total. The van der Waals surface area contributed by atoms with Gasteiger partial charge in [0.1, 0.15) is 0 Å². The first-order valence-corrected chi connectivity index (χ1v) is 5.65. The van der Waals surface area contributed by atoms with Gasteiger partial charge in [0.05, 0.1) is 5.75 Å². The third-order valence-corrected chi connectivity index (χ3v) is 2.23. The summed E-state index contributed by atoms with van der Waals surface area (Å²) in [5, 5.41) is 0. The lowest BCUT2D eigenvalue weighted by Gasteiger charge is -2.22. The summed E-state index contributed by atoms with van der Waals surface area (Å²) in [6.07, 6.45) is -15.9. The fourth-order valence-corrected chi connectivity index (χ4v) is 1.30. The van der Waals surface area contributed by atoms with Crippen LogP contribution in [0.1, 0.15) is 6.42 Å². The highest BCUT2D eigenvalue weighted by Crippen LogP contribution is 2.35. The maximum atomic E-state index is 11.9. The number of alkyl halides is 6. The highest BCUT2D eigenvalue weighted by molar-refractivity contribution is 7.85. The van der Waals surface area contributed by atoms with Crippen molar-refractivity contribution >= 4 is 10.1 Å². The first kappa shape index (κ1) is 16.4. The van der Waals surface area contributed by atoms with E-state index in [1.807, 2.05) is 0 Å². The zero-order valence-corrected chi connectivity index (χ0v) is 8.86. The van der Waals surface area contributed by atoms with E-state index in [1.165, 1.54) is 0 Å². The summed E-state index contributed by atoms with van der Waals surface area (Å²) < 4.78 is 103. The Morgan fingerprint density at radius 2 is 1.47 bits per heavy atom. The second-order valence-corrected chi connectivity index (χ2v) is 4.55. The number of halogens is 6. The number of hydrogen-bond acceptors (Lipinski definition) is 3. The molecule has 0 radical (unpaired) electrons. The molecule has 0 aliphatic rings. The fraction of sp³-hybridized carbons (Fsp3) is 1.00. The van der Waals surface area contributed by atoms with E-state index in [4.69, 9.17) is 4.55 Å². The summed E-state index contributed by atoms with van der Waals surface area (Å²) >= 11 is 0. The molecule has 0 heterocycles. The van der Waals surface area contributed by atoms with Crippen molar-refractivity contribution in [2.45, 2.75) is 24.9 Å². The van der Waals surface area contributed by atoms with Crippen molar-refractivity contribution in [3.63, 3.8) is 0 Å². The summed E-state index contributed by atoms with van der Waals surface area (Å²) in [5.41, 5.74) is 0. The number of hydrogen-bond donors (Lipinski definition) is 1. The fourth-order valence-electron chi connectivity index (χ4n) is 0.817. The van der Waals surface area contributed by atoms with E-state index >= 15 is 0 Å². The van der Waals surface area contributed by atoms with Crippen LogP contribution in [0.3, 0.4) is 0 Å². The Balaban J connectivity index is 4.31. The largest absolute Gasteiger partial charge is 0.423 e. The molecule has 0 aromatic carbocycles. The highest BCUT2D eigenvalue weighted by Gasteiger charge is 2.57. The molecule has 0 spiro atoms. The van der Waals surface area contributed by atoms with Gasteiger partial charge in [-0.3, -0.25) is 4.55 Å². The maximum absolute atomic E-state index is 11.9. The van der Waals surface area contributed by atoms with Gasteiger partial charge < -0.3 is 4.74 Å². The van der Waals surface area contributed by atoms with Gasteiger partial charge in [0.25, 0.3) is 10.1 Å². The van der Waals surface area contributed by atoms with E-state index in [0.717, 1.165) is 0 Å². The lowest BCUT2D eigenvalue weighted by atomic mass is 10.3. The maximum Gasteiger partial charge on any atom is 0.423 e. The summed E-state index contributed by atoms with van der Waals surface area (Å²) in [7, 11) is -4.44. The zero-order chi connectivity index (χ0) is 13.9. The van der Waals surface area contributed by atoms with Gasteiger partial charge in [0.15, 0.2) is 0 Å². The Bertz CT molecular complexity index is 317. The summed E-state index contributed by atoms with van der Waals surface area (Å²) in [5.74, 6) is -0.977. The molecule has 0 aromatic heterocycles. The second kappa shape index (κ2) is 5.40. The van der Waals surface area contributed by atoms with Crippen LogP contribution in [0.25, 0.3) is 0 Å². The Hall–Kier alpha value is -0.550. The van der Waals surface area contributed by atoms with E-state index in [1.54, 1.807) is 0 Å². The molecule has 4 nitrogen and oxygen atoms in total. The van der Waals surface area contributed by atoms with Crippen LogP contribution in [0.2, 0.25) is 0 Å². The van der Waals surface area contributed by atoms with Gasteiger partial charge in [-0.05, 0) is 6.42 Å². The Morgan fingerprint density at radius 3 is 1.76 bits per heavy atom. The molecule has 0 bridgehead atoms. The van der Waals surface area contributed by atoms with Crippen molar-refractivity contribution in [2.24, 2.45) is 0 Å². The van der Waals surface area contributed by atoms with E-state index in [-0.39, 0.29) is 0 Å². The van der Waals surface area contributed by atoms with Gasteiger partial charge in [-0.15, -0.1) is 0 Å². The van der Waals surface area contributed by atoms with Crippen LogP contribution in [-0.2, 0) is 14.9 Å². The Morgan fingerprint density at radius 1 is 1.06 bits per heavy atom. The van der Waals surface area contributed by atoms with E-state index in [9.17, 15) is 34.8 Å². The molecule has 0 atom stereocenters. The minimum absolute atomic E-state index is 0.679. The Labute approximate surface area is 92.3 Å². The number of rotatable bonds is 5. The van der Waals surface area contributed by atoms with Crippen molar-refractivity contribution < 1.29 is 44.0 Å². The first-order chi connectivity index (χ1) is 7.34. The van der Waals surface area contributed by atoms with Crippen LogP contribution in [0.4, 0.5) is 26.3 Å². The van der Waals surface area contributed by atoms with E-state index in [0.29, 0.717) is 0 Å². The van der Waals surface area contributed by atoms with Gasteiger partial charge in [-0.1, -0.05) is 0 Å². The van der Waals surface area contributed by atoms with Crippen LogP contribution in [0, 0.1) is 0 Å². The summed E-state index contributed by atoms with van der Waals surface area (Å²) in [4.78, 5) is 0. The average Bonchev–Trinajstić information content (AvgIpc) is 1.95. The molecular weight excluding hydrogens is 282 g/mol. The number of ether oxygens (including phenoxy) is 1. The Kier molecular flexibility index (Phi) is 5.22. The van der Waals surface area contributed by atoms with E-state index < -0.39 is 47.4 Å². The zero-order valence-electron chi connectivity index (χ0n) is 8.05. The third-order valence-electron chi connectivity index (χ3n) is 1.43. The molecular formula is C6H8F6O4S. The van der Waals surface area contributed by atoms with Crippen molar-refractivity contribution in [3.05, 3.63) is 0 Å².